The number of piperidine rings is 1. The van der Waals surface area contributed by atoms with E-state index in [0.717, 1.165) is 36.2 Å². The van der Waals surface area contributed by atoms with E-state index in [1.165, 1.54) is 0 Å². The summed E-state index contributed by atoms with van der Waals surface area (Å²) < 4.78 is 5.48. The van der Waals surface area contributed by atoms with Crippen molar-refractivity contribution in [2.45, 2.75) is 45.1 Å². The summed E-state index contributed by atoms with van der Waals surface area (Å²) in [7, 11) is 0. The molecule has 2 aromatic rings. The normalized spacial score (nSPS) is 19.4. The number of likely N-dealkylation sites (tertiary alicyclic amines) is 1. The molecule has 1 aromatic heterocycles. The number of amides is 1. The van der Waals surface area contributed by atoms with Crippen molar-refractivity contribution in [1.29, 1.82) is 0 Å². The first-order valence-electron chi connectivity index (χ1n) is 7.85. The summed E-state index contributed by atoms with van der Waals surface area (Å²) in [6.07, 6.45) is 1.79. The highest BCUT2D eigenvalue weighted by molar-refractivity contribution is 5.75. The number of carbonyl (C=O) groups excluding carboxylic acids is 1. The van der Waals surface area contributed by atoms with Gasteiger partial charge < -0.3 is 14.6 Å². The number of hydrogen-bond donors (Lipinski definition) is 1. The zero-order valence-electron chi connectivity index (χ0n) is 13.4. The third kappa shape index (κ3) is 3.24. The predicted octanol–water partition coefficient (Wildman–Crippen LogP) is 3.68. The molecule has 0 radical (unpaired) electrons. The summed E-state index contributed by atoms with van der Waals surface area (Å²) in [6.45, 7) is 7.10. The summed E-state index contributed by atoms with van der Waals surface area (Å²) in [5.41, 5.74) is 1.57. The number of ether oxygens (including phenoxy) is 1. The lowest BCUT2D eigenvalue weighted by Gasteiger charge is -2.33. The molecule has 0 saturated carbocycles. The van der Waals surface area contributed by atoms with Crippen LogP contribution in [0.5, 0.6) is 0 Å². The Balaban J connectivity index is 1.74. The fourth-order valence-corrected chi connectivity index (χ4v) is 2.86. The van der Waals surface area contributed by atoms with Crippen LogP contribution in [0.15, 0.2) is 24.3 Å². The number of imidazole rings is 1. The van der Waals surface area contributed by atoms with Crippen LogP contribution in [0.25, 0.3) is 11.0 Å². The Morgan fingerprint density at radius 3 is 2.86 bits per heavy atom. The number of para-hydroxylation sites is 2. The van der Waals surface area contributed by atoms with E-state index in [1.54, 1.807) is 4.90 Å². The first kappa shape index (κ1) is 14.9. The molecule has 1 amide bonds. The number of hydrogen-bond acceptors (Lipinski definition) is 3. The second-order valence-electron chi connectivity index (χ2n) is 6.90. The Morgan fingerprint density at radius 2 is 2.14 bits per heavy atom. The highest BCUT2D eigenvalue weighted by atomic mass is 16.6. The second kappa shape index (κ2) is 5.63. The lowest BCUT2D eigenvalue weighted by atomic mass is 9.98. The van der Waals surface area contributed by atoms with Gasteiger partial charge in [-0.1, -0.05) is 12.1 Å². The van der Waals surface area contributed by atoms with E-state index in [1.807, 2.05) is 45.0 Å². The van der Waals surface area contributed by atoms with Gasteiger partial charge in [-0.25, -0.2) is 9.78 Å². The van der Waals surface area contributed by atoms with Crippen molar-refractivity contribution in [3.8, 4) is 0 Å². The van der Waals surface area contributed by atoms with Crippen LogP contribution in [-0.4, -0.2) is 39.7 Å². The molecule has 0 bridgehead atoms. The first-order valence-corrected chi connectivity index (χ1v) is 7.85. The number of benzene rings is 1. The van der Waals surface area contributed by atoms with Crippen molar-refractivity contribution in [2.75, 3.05) is 13.1 Å². The van der Waals surface area contributed by atoms with Gasteiger partial charge in [-0.15, -0.1) is 0 Å². The van der Waals surface area contributed by atoms with Crippen LogP contribution in [-0.2, 0) is 4.74 Å². The van der Waals surface area contributed by atoms with Gasteiger partial charge in [0, 0.05) is 19.0 Å². The second-order valence-corrected chi connectivity index (χ2v) is 6.90. The topological polar surface area (TPSA) is 58.2 Å². The molecule has 1 saturated heterocycles. The number of nitrogens with one attached hydrogen (secondary N) is 1. The smallest absolute Gasteiger partial charge is 0.410 e. The molecule has 3 rings (SSSR count). The van der Waals surface area contributed by atoms with Gasteiger partial charge >= 0.3 is 6.09 Å². The molecule has 22 heavy (non-hydrogen) atoms. The third-order valence-electron chi connectivity index (χ3n) is 3.87. The lowest BCUT2D eigenvalue weighted by molar-refractivity contribution is 0.0196. The minimum Gasteiger partial charge on any atom is -0.444 e. The molecule has 5 heteroatoms. The molecule has 1 aromatic carbocycles. The van der Waals surface area contributed by atoms with E-state index in [2.05, 4.69) is 9.97 Å². The van der Waals surface area contributed by atoms with E-state index < -0.39 is 5.60 Å². The fourth-order valence-electron chi connectivity index (χ4n) is 2.86. The summed E-state index contributed by atoms with van der Waals surface area (Å²) in [4.78, 5) is 22.1. The minimum atomic E-state index is -0.455. The monoisotopic (exact) mass is 301 g/mol. The molecule has 2 heterocycles. The van der Waals surface area contributed by atoms with Crippen LogP contribution in [0.1, 0.15) is 45.4 Å². The molecule has 1 atom stereocenters. The molecular formula is C17H23N3O2. The van der Waals surface area contributed by atoms with Gasteiger partial charge in [-0.05, 0) is 45.7 Å². The number of carbonyl (C=O) groups is 1. The van der Waals surface area contributed by atoms with E-state index in [9.17, 15) is 4.79 Å². The van der Waals surface area contributed by atoms with E-state index in [4.69, 9.17) is 4.74 Å². The maximum Gasteiger partial charge on any atom is 0.410 e. The maximum absolute atomic E-state index is 12.2. The highest BCUT2D eigenvalue weighted by Crippen LogP contribution is 2.27. The Morgan fingerprint density at radius 1 is 1.36 bits per heavy atom. The van der Waals surface area contributed by atoms with Gasteiger partial charge in [0.2, 0.25) is 0 Å². The van der Waals surface area contributed by atoms with E-state index in [-0.39, 0.29) is 12.0 Å². The lowest BCUT2D eigenvalue weighted by Crippen LogP contribution is -2.42. The number of H-pyrrole nitrogens is 1. The van der Waals surface area contributed by atoms with Crippen LogP contribution >= 0.6 is 0 Å². The average Bonchev–Trinajstić information content (AvgIpc) is 2.89. The van der Waals surface area contributed by atoms with E-state index >= 15 is 0 Å². The average molecular weight is 301 g/mol. The number of rotatable bonds is 1. The molecule has 0 spiro atoms. The largest absolute Gasteiger partial charge is 0.444 e. The first-order chi connectivity index (χ1) is 10.4. The summed E-state index contributed by atoms with van der Waals surface area (Å²) in [5.74, 6) is 1.21. The quantitative estimate of drug-likeness (QED) is 0.874. The van der Waals surface area contributed by atoms with Crippen molar-refractivity contribution in [2.24, 2.45) is 0 Å². The van der Waals surface area contributed by atoms with Crippen molar-refractivity contribution >= 4 is 17.1 Å². The Kier molecular flexibility index (Phi) is 3.81. The van der Waals surface area contributed by atoms with Gasteiger partial charge in [-0.2, -0.15) is 0 Å². The molecule has 1 fully saturated rings. The highest BCUT2D eigenvalue weighted by Gasteiger charge is 2.29. The molecule has 0 unspecified atom stereocenters. The van der Waals surface area contributed by atoms with Gasteiger partial charge in [0.15, 0.2) is 0 Å². The molecule has 1 aliphatic heterocycles. The van der Waals surface area contributed by atoms with Crippen LogP contribution in [0.2, 0.25) is 0 Å². The molecule has 118 valence electrons. The van der Waals surface area contributed by atoms with Crippen molar-refractivity contribution < 1.29 is 9.53 Å². The van der Waals surface area contributed by atoms with Gasteiger partial charge in [0.25, 0.3) is 0 Å². The number of nitrogens with zero attached hydrogens (tertiary/aromatic N) is 2. The molecule has 0 aliphatic carbocycles. The van der Waals surface area contributed by atoms with Crippen molar-refractivity contribution in [1.82, 2.24) is 14.9 Å². The zero-order valence-corrected chi connectivity index (χ0v) is 13.4. The van der Waals surface area contributed by atoms with Crippen molar-refractivity contribution in [3.63, 3.8) is 0 Å². The van der Waals surface area contributed by atoms with Crippen LogP contribution in [0.4, 0.5) is 4.79 Å². The SMILES string of the molecule is CC(C)(C)OC(=O)N1CCC[C@@H](c2nc3ccccc3[nH]2)C1. The Bertz CT molecular complexity index is 639. The van der Waals surface area contributed by atoms with Crippen LogP contribution in [0.3, 0.4) is 0 Å². The summed E-state index contributed by atoms with van der Waals surface area (Å²) >= 11 is 0. The van der Waals surface area contributed by atoms with Crippen LogP contribution in [0, 0.1) is 0 Å². The summed E-state index contributed by atoms with van der Waals surface area (Å²) in [6, 6.07) is 8.02. The van der Waals surface area contributed by atoms with Crippen LogP contribution < -0.4 is 0 Å². The molecule has 5 nitrogen and oxygen atoms in total. The third-order valence-corrected chi connectivity index (χ3v) is 3.87. The Labute approximate surface area is 130 Å². The van der Waals surface area contributed by atoms with Gasteiger partial charge in [-0.3, -0.25) is 0 Å². The summed E-state index contributed by atoms with van der Waals surface area (Å²) in [5, 5.41) is 0. The maximum atomic E-state index is 12.2. The standard InChI is InChI=1S/C17H23N3O2/c1-17(2,3)22-16(21)20-10-6-7-12(11-20)15-18-13-8-4-5-9-14(13)19-15/h4-5,8-9,12H,6-7,10-11H2,1-3H3,(H,18,19)/t12-/m1/s1. The van der Waals surface area contributed by atoms with Crippen molar-refractivity contribution in [3.05, 3.63) is 30.1 Å². The van der Waals surface area contributed by atoms with Gasteiger partial charge in [0.1, 0.15) is 11.4 Å². The van der Waals surface area contributed by atoms with Gasteiger partial charge in [0.05, 0.1) is 11.0 Å². The minimum absolute atomic E-state index is 0.228. The Hall–Kier alpha value is -2.04. The fraction of sp³-hybridized carbons (Fsp3) is 0.529. The molecule has 1 N–H and O–H groups in total. The number of aromatic nitrogens is 2. The zero-order chi connectivity index (χ0) is 15.7. The molecule has 1 aliphatic rings. The number of fused-ring (bicyclic) bond motifs is 1. The predicted molar refractivity (Wildman–Crippen MR) is 85.9 cm³/mol. The number of aromatic amines is 1. The van der Waals surface area contributed by atoms with E-state index in [0.29, 0.717) is 6.54 Å². The molecular weight excluding hydrogens is 278 g/mol.